The fraction of sp³-hybridized carbons (Fsp3) is 0.273. The summed E-state index contributed by atoms with van der Waals surface area (Å²) in [5, 5.41) is 1.68. The van der Waals surface area contributed by atoms with Crippen molar-refractivity contribution < 1.29 is 4.74 Å². The molecule has 74 valence electrons. The Morgan fingerprint density at radius 2 is 2.00 bits per heavy atom. The van der Waals surface area contributed by atoms with Crippen LogP contribution in [0.25, 0.3) is 0 Å². The highest BCUT2D eigenvalue weighted by atomic mass is 32.2. The summed E-state index contributed by atoms with van der Waals surface area (Å²) in [7, 11) is 3.76. The Bertz CT molecular complexity index is 338. The fourth-order valence-electron chi connectivity index (χ4n) is 1.63. The van der Waals surface area contributed by atoms with Gasteiger partial charge in [-0.3, -0.25) is 0 Å². The molecule has 1 heterocycles. The van der Waals surface area contributed by atoms with Gasteiger partial charge in [-0.05, 0) is 5.41 Å². The van der Waals surface area contributed by atoms with Gasteiger partial charge in [-0.1, -0.05) is 42.1 Å². The van der Waals surface area contributed by atoms with E-state index in [2.05, 4.69) is 22.4 Å². The second kappa shape index (κ2) is 3.67. The molecular formula is C11H13NOS. The largest absolute Gasteiger partial charge is 0.346 e. The molecule has 1 atom stereocenters. The van der Waals surface area contributed by atoms with E-state index in [1.165, 1.54) is 5.56 Å². The van der Waals surface area contributed by atoms with Gasteiger partial charge in [0.2, 0.25) is 5.06 Å². The summed E-state index contributed by atoms with van der Waals surface area (Å²) in [5.41, 5.74) is 1.17. The van der Waals surface area contributed by atoms with Crippen LogP contribution in [0, 0.1) is 0 Å². The molecule has 3 heteroatoms. The van der Waals surface area contributed by atoms with E-state index in [-0.39, 0.29) is 5.06 Å². The van der Waals surface area contributed by atoms with Gasteiger partial charge < -0.3 is 9.64 Å². The van der Waals surface area contributed by atoms with Crippen molar-refractivity contribution in [3.63, 3.8) is 0 Å². The molecule has 0 spiro atoms. The standard InChI is InChI=1S/C11H13NOS/c1-12-8-9-14-11(12,13-2)10-6-4-3-5-7-10/h3-9H,1-2H3. The number of hydrogen-bond acceptors (Lipinski definition) is 3. The molecule has 0 aromatic heterocycles. The number of methoxy groups -OCH3 is 1. The summed E-state index contributed by atoms with van der Waals surface area (Å²) < 4.78 is 5.62. The van der Waals surface area contributed by atoms with Crippen molar-refractivity contribution in [2.45, 2.75) is 5.06 Å². The van der Waals surface area contributed by atoms with Crippen molar-refractivity contribution in [3.05, 3.63) is 47.5 Å². The van der Waals surface area contributed by atoms with Crippen LogP contribution in [0.5, 0.6) is 0 Å². The molecular weight excluding hydrogens is 194 g/mol. The molecule has 1 unspecified atom stereocenters. The van der Waals surface area contributed by atoms with Gasteiger partial charge in [-0.25, -0.2) is 0 Å². The van der Waals surface area contributed by atoms with Gasteiger partial charge in [-0.2, -0.15) is 0 Å². The third-order valence-corrected chi connectivity index (χ3v) is 3.66. The first-order valence-corrected chi connectivity index (χ1v) is 5.35. The highest BCUT2D eigenvalue weighted by molar-refractivity contribution is 8.03. The van der Waals surface area contributed by atoms with Gasteiger partial charge in [0.25, 0.3) is 0 Å². The summed E-state index contributed by atoms with van der Waals surface area (Å²) in [4.78, 5) is 2.08. The van der Waals surface area contributed by atoms with Crippen molar-refractivity contribution in [1.82, 2.24) is 4.90 Å². The molecule has 2 nitrogen and oxygen atoms in total. The Kier molecular flexibility index (Phi) is 2.52. The van der Waals surface area contributed by atoms with Gasteiger partial charge in [-0.15, -0.1) is 0 Å². The van der Waals surface area contributed by atoms with E-state index in [1.54, 1.807) is 18.9 Å². The van der Waals surface area contributed by atoms with E-state index < -0.39 is 0 Å². The van der Waals surface area contributed by atoms with Crippen LogP contribution < -0.4 is 0 Å². The first-order valence-electron chi connectivity index (χ1n) is 4.48. The summed E-state index contributed by atoms with van der Waals surface area (Å²) in [6.45, 7) is 0. The molecule has 0 aliphatic carbocycles. The zero-order valence-corrected chi connectivity index (χ0v) is 9.12. The predicted octanol–water partition coefficient (Wildman–Crippen LogP) is 2.59. The number of rotatable bonds is 2. The Balaban J connectivity index is 2.39. The van der Waals surface area contributed by atoms with E-state index in [9.17, 15) is 0 Å². The minimum Gasteiger partial charge on any atom is -0.346 e. The molecule has 0 radical (unpaired) electrons. The number of ether oxygens (including phenoxy) is 1. The fourth-order valence-corrected chi connectivity index (χ4v) is 2.65. The molecule has 0 N–H and O–H groups in total. The second-order valence-corrected chi connectivity index (χ2v) is 4.23. The SMILES string of the molecule is COC1(c2ccccc2)SC=CN1C. The molecule has 14 heavy (non-hydrogen) atoms. The van der Waals surface area contributed by atoms with Crippen molar-refractivity contribution in [1.29, 1.82) is 0 Å². The maximum absolute atomic E-state index is 5.62. The molecule has 0 saturated carbocycles. The summed E-state index contributed by atoms with van der Waals surface area (Å²) in [5.74, 6) is 0. The lowest BCUT2D eigenvalue weighted by atomic mass is 10.2. The molecule has 0 amide bonds. The highest BCUT2D eigenvalue weighted by Crippen LogP contribution is 2.44. The van der Waals surface area contributed by atoms with E-state index in [1.807, 2.05) is 31.4 Å². The number of hydrogen-bond donors (Lipinski definition) is 0. The van der Waals surface area contributed by atoms with Crippen LogP contribution in [0.1, 0.15) is 5.56 Å². The summed E-state index contributed by atoms with van der Waals surface area (Å²) in [6.07, 6.45) is 2.03. The molecule has 1 aromatic carbocycles. The maximum Gasteiger partial charge on any atom is 0.219 e. The molecule has 1 aromatic rings. The number of nitrogens with zero attached hydrogens (tertiary/aromatic N) is 1. The quantitative estimate of drug-likeness (QED) is 0.739. The van der Waals surface area contributed by atoms with Crippen LogP contribution in [-0.2, 0) is 9.79 Å². The Labute approximate surface area is 88.6 Å². The zero-order chi connectivity index (χ0) is 10.0. The monoisotopic (exact) mass is 207 g/mol. The van der Waals surface area contributed by atoms with E-state index in [4.69, 9.17) is 4.74 Å². The molecule has 0 saturated heterocycles. The van der Waals surface area contributed by atoms with Crippen molar-refractivity contribution in [2.24, 2.45) is 0 Å². The zero-order valence-electron chi connectivity index (χ0n) is 8.31. The molecule has 2 rings (SSSR count). The van der Waals surface area contributed by atoms with Crippen LogP contribution in [-0.4, -0.2) is 19.1 Å². The molecule has 0 fully saturated rings. The van der Waals surface area contributed by atoms with Crippen LogP contribution in [0.4, 0.5) is 0 Å². The van der Waals surface area contributed by atoms with E-state index >= 15 is 0 Å². The van der Waals surface area contributed by atoms with Crippen molar-refractivity contribution in [2.75, 3.05) is 14.2 Å². The van der Waals surface area contributed by atoms with Crippen LogP contribution in [0.3, 0.4) is 0 Å². The van der Waals surface area contributed by atoms with Crippen molar-refractivity contribution in [3.8, 4) is 0 Å². The number of benzene rings is 1. The van der Waals surface area contributed by atoms with E-state index in [0.29, 0.717) is 0 Å². The topological polar surface area (TPSA) is 12.5 Å². The first-order chi connectivity index (χ1) is 6.79. The summed E-state index contributed by atoms with van der Waals surface area (Å²) >= 11 is 1.67. The van der Waals surface area contributed by atoms with Gasteiger partial charge in [0, 0.05) is 25.9 Å². The maximum atomic E-state index is 5.62. The second-order valence-electron chi connectivity index (χ2n) is 3.17. The van der Waals surface area contributed by atoms with E-state index in [0.717, 1.165) is 0 Å². The Hall–Kier alpha value is -0.930. The lowest BCUT2D eigenvalue weighted by molar-refractivity contribution is -0.0251. The molecule has 0 bridgehead atoms. The van der Waals surface area contributed by atoms with Crippen LogP contribution in [0.15, 0.2) is 41.9 Å². The normalized spacial score (nSPS) is 25.7. The Morgan fingerprint density at radius 3 is 2.50 bits per heavy atom. The summed E-state index contributed by atoms with van der Waals surface area (Å²) in [6, 6.07) is 10.2. The van der Waals surface area contributed by atoms with Gasteiger partial charge in [0.15, 0.2) is 0 Å². The minimum absolute atomic E-state index is 0.374. The molecule has 1 aliphatic rings. The predicted molar refractivity (Wildman–Crippen MR) is 59.6 cm³/mol. The van der Waals surface area contributed by atoms with Gasteiger partial charge >= 0.3 is 0 Å². The molecule has 1 aliphatic heterocycles. The van der Waals surface area contributed by atoms with Crippen molar-refractivity contribution >= 4 is 11.8 Å². The van der Waals surface area contributed by atoms with Gasteiger partial charge in [0.1, 0.15) is 0 Å². The smallest absolute Gasteiger partial charge is 0.219 e. The average Bonchev–Trinajstić information content (AvgIpc) is 2.62. The first kappa shape index (κ1) is 9.62. The minimum atomic E-state index is -0.374. The lowest BCUT2D eigenvalue weighted by Gasteiger charge is -2.34. The average molecular weight is 207 g/mol. The van der Waals surface area contributed by atoms with Gasteiger partial charge in [0.05, 0.1) is 0 Å². The number of thioether (sulfide) groups is 1. The third kappa shape index (κ3) is 1.33. The highest BCUT2D eigenvalue weighted by Gasteiger charge is 2.38. The Morgan fingerprint density at radius 1 is 1.29 bits per heavy atom. The third-order valence-electron chi connectivity index (χ3n) is 2.39. The lowest BCUT2D eigenvalue weighted by Crippen LogP contribution is -2.36. The van der Waals surface area contributed by atoms with Crippen LogP contribution >= 0.6 is 11.8 Å². The van der Waals surface area contributed by atoms with Crippen LogP contribution in [0.2, 0.25) is 0 Å².